The summed E-state index contributed by atoms with van der Waals surface area (Å²) in [6, 6.07) is 9.21. The Morgan fingerprint density at radius 1 is 1.40 bits per heavy atom. The van der Waals surface area contributed by atoms with Gasteiger partial charge in [-0.1, -0.05) is 31.2 Å². The van der Waals surface area contributed by atoms with Crippen molar-refractivity contribution < 1.29 is 0 Å². The summed E-state index contributed by atoms with van der Waals surface area (Å²) in [5.41, 5.74) is 9.85. The van der Waals surface area contributed by atoms with Crippen molar-refractivity contribution in [3.05, 3.63) is 35.4 Å². The molecule has 0 saturated heterocycles. The standard InChI is InChI=1S/C14H19N/c1-14(6-7-14)13(15)9-11-8-10-4-2-3-5-12(10)11/h2-5,11,13H,6-9,15H2,1H3. The minimum atomic E-state index is 0.413. The lowest BCUT2D eigenvalue weighted by Crippen LogP contribution is -2.34. The van der Waals surface area contributed by atoms with Crippen molar-refractivity contribution in [3.63, 3.8) is 0 Å². The summed E-state index contributed by atoms with van der Waals surface area (Å²) in [5, 5.41) is 0. The van der Waals surface area contributed by atoms with Crippen LogP contribution < -0.4 is 5.73 Å². The van der Waals surface area contributed by atoms with E-state index in [0.717, 1.165) is 5.92 Å². The van der Waals surface area contributed by atoms with Crippen LogP contribution in [-0.4, -0.2) is 6.04 Å². The van der Waals surface area contributed by atoms with Gasteiger partial charge in [-0.2, -0.15) is 0 Å². The molecule has 0 amide bonds. The lowest BCUT2D eigenvalue weighted by atomic mass is 9.73. The van der Waals surface area contributed by atoms with Crippen molar-refractivity contribution in [2.24, 2.45) is 11.1 Å². The second kappa shape index (κ2) is 3.08. The maximum atomic E-state index is 6.28. The van der Waals surface area contributed by atoms with Crippen LogP contribution in [0.15, 0.2) is 24.3 Å². The molecule has 0 aliphatic heterocycles. The van der Waals surface area contributed by atoms with Gasteiger partial charge in [0.1, 0.15) is 0 Å². The first kappa shape index (κ1) is 9.41. The first-order chi connectivity index (χ1) is 7.19. The number of nitrogens with two attached hydrogens (primary N) is 1. The molecule has 2 unspecified atom stereocenters. The molecule has 0 bridgehead atoms. The molecule has 2 aliphatic rings. The molecule has 1 nitrogen and oxygen atoms in total. The van der Waals surface area contributed by atoms with Gasteiger partial charge in [-0.15, -0.1) is 0 Å². The molecule has 1 aromatic rings. The van der Waals surface area contributed by atoms with E-state index in [0.29, 0.717) is 11.5 Å². The van der Waals surface area contributed by atoms with Crippen LogP contribution in [0.3, 0.4) is 0 Å². The van der Waals surface area contributed by atoms with Gasteiger partial charge >= 0.3 is 0 Å². The van der Waals surface area contributed by atoms with E-state index in [-0.39, 0.29) is 0 Å². The number of fused-ring (bicyclic) bond motifs is 1. The Kier molecular flexibility index (Phi) is 1.93. The van der Waals surface area contributed by atoms with Crippen molar-refractivity contribution in [3.8, 4) is 0 Å². The fourth-order valence-corrected chi connectivity index (χ4v) is 2.73. The molecule has 1 heteroatoms. The molecule has 3 rings (SSSR count). The van der Waals surface area contributed by atoms with E-state index in [1.165, 1.54) is 31.2 Å². The van der Waals surface area contributed by atoms with Crippen LogP contribution in [0, 0.1) is 5.41 Å². The molecule has 1 fully saturated rings. The maximum absolute atomic E-state index is 6.28. The molecule has 0 radical (unpaired) electrons. The Labute approximate surface area is 91.7 Å². The minimum Gasteiger partial charge on any atom is -0.327 e. The second-order valence-corrected chi connectivity index (χ2v) is 5.60. The molecular formula is C14H19N. The van der Waals surface area contributed by atoms with E-state index >= 15 is 0 Å². The summed E-state index contributed by atoms with van der Waals surface area (Å²) in [4.78, 5) is 0. The van der Waals surface area contributed by atoms with Gasteiger partial charge in [-0.05, 0) is 48.1 Å². The van der Waals surface area contributed by atoms with E-state index in [2.05, 4.69) is 31.2 Å². The lowest BCUT2D eigenvalue weighted by Gasteiger charge is -2.33. The molecule has 1 saturated carbocycles. The van der Waals surface area contributed by atoms with Crippen LogP contribution in [0.25, 0.3) is 0 Å². The topological polar surface area (TPSA) is 26.0 Å². The monoisotopic (exact) mass is 201 g/mol. The average molecular weight is 201 g/mol. The number of benzene rings is 1. The SMILES string of the molecule is CC1(C(N)CC2Cc3ccccc32)CC1. The largest absolute Gasteiger partial charge is 0.327 e. The number of rotatable bonds is 3. The highest BCUT2D eigenvalue weighted by Gasteiger charge is 2.44. The van der Waals surface area contributed by atoms with Crippen molar-refractivity contribution in [2.75, 3.05) is 0 Å². The minimum absolute atomic E-state index is 0.413. The zero-order valence-corrected chi connectivity index (χ0v) is 9.37. The number of hydrogen-bond acceptors (Lipinski definition) is 1. The lowest BCUT2D eigenvalue weighted by molar-refractivity contribution is 0.368. The molecule has 2 N–H and O–H groups in total. The molecule has 0 aromatic heterocycles. The molecule has 0 heterocycles. The number of hydrogen-bond donors (Lipinski definition) is 1. The highest BCUT2D eigenvalue weighted by molar-refractivity contribution is 5.40. The van der Waals surface area contributed by atoms with Crippen molar-refractivity contribution >= 4 is 0 Å². The Morgan fingerprint density at radius 2 is 2.13 bits per heavy atom. The Hall–Kier alpha value is -0.820. The van der Waals surface area contributed by atoms with E-state index < -0.39 is 0 Å². The highest BCUT2D eigenvalue weighted by atomic mass is 14.7. The first-order valence-electron chi connectivity index (χ1n) is 6.02. The predicted molar refractivity (Wildman–Crippen MR) is 62.8 cm³/mol. The highest BCUT2D eigenvalue weighted by Crippen LogP contribution is 2.50. The van der Waals surface area contributed by atoms with Gasteiger partial charge in [0.2, 0.25) is 0 Å². The van der Waals surface area contributed by atoms with Gasteiger partial charge in [-0.25, -0.2) is 0 Å². The smallest absolute Gasteiger partial charge is 0.00988 e. The summed E-state index contributed by atoms with van der Waals surface area (Å²) in [6.45, 7) is 2.34. The van der Waals surface area contributed by atoms with Gasteiger partial charge in [0.15, 0.2) is 0 Å². The van der Waals surface area contributed by atoms with Crippen LogP contribution in [0.1, 0.15) is 43.2 Å². The summed E-state index contributed by atoms with van der Waals surface area (Å²) < 4.78 is 0. The second-order valence-electron chi connectivity index (χ2n) is 5.60. The van der Waals surface area contributed by atoms with Crippen molar-refractivity contribution in [1.82, 2.24) is 0 Å². The molecule has 2 aliphatic carbocycles. The van der Waals surface area contributed by atoms with Gasteiger partial charge in [-0.3, -0.25) is 0 Å². The Morgan fingerprint density at radius 3 is 2.80 bits per heavy atom. The van der Waals surface area contributed by atoms with Crippen LogP contribution in [-0.2, 0) is 6.42 Å². The van der Waals surface area contributed by atoms with Crippen LogP contribution >= 0.6 is 0 Å². The third-order valence-electron chi connectivity index (χ3n) is 4.43. The fourth-order valence-electron chi connectivity index (χ4n) is 2.73. The summed E-state index contributed by atoms with van der Waals surface area (Å²) in [7, 11) is 0. The zero-order valence-electron chi connectivity index (χ0n) is 9.37. The molecule has 15 heavy (non-hydrogen) atoms. The summed E-state index contributed by atoms with van der Waals surface area (Å²) in [6.07, 6.45) is 5.11. The Balaban J connectivity index is 1.68. The van der Waals surface area contributed by atoms with Crippen molar-refractivity contribution in [1.29, 1.82) is 0 Å². The molecule has 80 valence electrons. The molecular weight excluding hydrogens is 182 g/mol. The maximum Gasteiger partial charge on any atom is 0.00988 e. The molecule has 1 aromatic carbocycles. The quantitative estimate of drug-likeness (QED) is 0.799. The fraction of sp³-hybridized carbons (Fsp3) is 0.571. The Bertz CT molecular complexity index is 379. The first-order valence-corrected chi connectivity index (χ1v) is 6.02. The van der Waals surface area contributed by atoms with Crippen molar-refractivity contribution in [2.45, 2.75) is 44.6 Å². The predicted octanol–water partition coefficient (Wildman–Crippen LogP) is 2.84. The van der Waals surface area contributed by atoms with E-state index in [1.54, 1.807) is 5.56 Å². The summed E-state index contributed by atoms with van der Waals surface area (Å²) in [5.74, 6) is 0.744. The van der Waals surface area contributed by atoms with Gasteiger partial charge in [0.25, 0.3) is 0 Å². The third kappa shape index (κ3) is 1.50. The van der Waals surface area contributed by atoms with Gasteiger partial charge in [0.05, 0.1) is 0 Å². The van der Waals surface area contributed by atoms with E-state index in [9.17, 15) is 0 Å². The summed E-state index contributed by atoms with van der Waals surface area (Å²) >= 11 is 0. The van der Waals surface area contributed by atoms with E-state index in [4.69, 9.17) is 5.73 Å². The average Bonchev–Trinajstić information content (AvgIpc) is 2.94. The van der Waals surface area contributed by atoms with Gasteiger partial charge < -0.3 is 5.73 Å². The van der Waals surface area contributed by atoms with Crippen LogP contribution in [0.5, 0.6) is 0 Å². The van der Waals surface area contributed by atoms with E-state index in [1.807, 2.05) is 0 Å². The van der Waals surface area contributed by atoms with Gasteiger partial charge in [0, 0.05) is 6.04 Å². The molecule has 0 spiro atoms. The van der Waals surface area contributed by atoms with Crippen LogP contribution in [0.4, 0.5) is 0 Å². The molecule has 2 atom stereocenters. The zero-order chi connectivity index (χ0) is 10.5. The normalized spacial score (nSPS) is 27.7. The van der Waals surface area contributed by atoms with Crippen LogP contribution in [0.2, 0.25) is 0 Å². The third-order valence-corrected chi connectivity index (χ3v) is 4.43.